The third kappa shape index (κ3) is 8.01. The van der Waals surface area contributed by atoms with Gasteiger partial charge in [-0.1, -0.05) is 24.3 Å². The molecule has 2 N–H and O–H groups in total. The Kier molecular flexibility index (Phi) is 10.2. The number of guanidine groups is 1. The summed E-state index contributed by atoms with van der Waals surface area (Å²) in [6, 6.07) is 14.3. The molecule has 0 aliphatic heterocycles. The van der Waals surface area contributed by atoms with Crippen LogP contribution in [0.3, 0.4) is 0 Å². The van der Waals surface area contributed by atoms with Crippen molar-refractivity contribution in [2.45, 2.75) is 17.9 Å². The van der Waals surface area contributed by atoms with E-state index < -0.39 is 9.84 Å². The summed E-state index contributed by atoms with van der Waals surface area (Å²) in [6.45, 7) is 2.47. The normalized spacial score (nSPS) is 12.6. The van der Waals surface area contributed by atoms with Crippen molar-refractivity contribution in [1.82, 2.24) is 10.6 Å². The van der Waals surface area contributed by atoms with Gasteiger partial charge in [0.25, 0.3) is 0 Å². The van der Waals surface area contributed by atoms with E-state index in [-0.39, 0.29) is 48.2 Å². The average molecular weight is 521 g/mol. The fourth-order valence-corrected chi connectivity index (χ4v) is 3.50. The number of hydrogen-bond donors (Lipinski definition) is 2. The Morgan fingerprint density at radius 2 is 1.86 bits per heavy atom. The maximum Gasteiger partial charge on any atom is 0.191 e. The number of aliphatic imine (C=N–C) groups is 1. The monoisotopic (exact) mass is 521 g/mol. The molecule has 0 spiro atoms. The van der Waals surface area contributed by atoms with E-state index in [9.17, 15) is 12.8 Å². The number of nitrogens with one attached hydrogen (secondary N) is 2. The maximum atomic E-state index is 13.2. The quantitative estimate of drug-likeness (QED) is 0.318. The van der Waals surface area contributed by atoms with E-state index in [1.807, 2.05) is 6.92 Å². The summed E-state index contributed by atoms with van der Waals surface area (Å²) < 4.78 is 43.3. The van der Waals surface area contributed by atoms with E-state index >= 15 is 0 Å². The van der Waals surface area contributed by atoms with Crippen LogP contribution in [-0.2, 0) is 9.84 Å². The van der Waals surface area contributed by atoms with Crippen molar-refractivity contribution >= 4 is 39.8 Å². The summed E-state index contributed by atoms with van der Waals surface area (Å²) in [5, 5.41) is 6.02. The second kappa shape index (κ2) is 11.8. The van der Waals surface area contributed by atoms with Crippen LogP contribution < -0.4 is 15.4 Å². The van der Waals surface area contributed by atoms with Gasteiger partial charge in [0.1, 0.15) is 17.7 Å². The minimum Gasteiger partial charge on any atom is -0.489 e. The lowest BCUT2D eigenvalue weighted by Crippen LogP contribution is -2.43. The van der Waals surface area contributed by atoms with Crippen LogP contribution in [0.5, 0.6) is 5.75 Å². The van der Waals surface area contributed by atoms with Crippen molar-refractivity contribution in [1.29, 1.82) is 0 Å². The SMILES string of the molecule is CN=C(NCCS(=O)(=O)c1ccccc1)NCC(C)Oc1cccc(F)c1.I. The standard InChI is InChI=1S/C19H24FN3O3S.HI/c1-15(26-17-8-6-7-16(20)13-17)14-23-19(21-2)22-11-12-27(24,25)18-9-4-3-5-10-18;/h3-10,13,15H,11-12,14H2,1-2H3,(H2,21,22,23);1H. The van der Waals surface area contributed by atoms with Gasteiger partial charge in [-0.15, -0.1) is 24.0 Å². The highest BCUT2D eigenvalue weighted by Gasteiger charge is 2.14. The smallest absolute Gasteiger partial charge is 0.191 e. The minimum atomic E-state index is -3.35. The van der Waals surface area contributed by atoms with Gasteiger partial charge in [0.2, 0.25) is 0 Å². The fourth-order valence-electron chi connectivity index (χ4n) is 2.32. The molecule has 2 aromatic carbocycles. The second-order valence-corrected chi connectivity index (χ2v) is 8.01. The van der Waals surface area contributed by atoms with Crippen molar-refractivity contribution < 1.29 is 17.5 Å². The highest BCUT2D eigenvalue weighted by atomic mass is 127. The van der Waals surface area contributed by atoms with Gasteiger partial charge in [0, 0.05) is 19.7 Å². The molecule has 0 saturated carbocycles. The van der Waals surface area contributed by atoms with E-state index in [1.54, 1.807) is 49.5 Å². The molecule has 0 aliphatic carbocycles. The van der Waals surface area contributed by atoms with Crippen LogP contribution in [-0.4, -0.2) is 46.4 Å². The Bertz CT molecular complexity index is 864. The molecule has 0 radical (unpaired) electrons. The van der Waals surface area contributed by atoms with Crippen LogP contribution in [0.2, 0.25) is 0 Å². The van der Waals surface area contributed by atoms with Crippen LogP contribution >= 0.6 is 24.0 Å². The third-order valence-corrected chi connectivity index (χ3v) is 5.41. The Morgan fingerprint density at radius 1 is 1.14 bits per heavy atom. The molecule has 0 fully saturated rings. The molecular weight excluding hydrogens is 496 g/mol. The highest BCUT2D eigenvalue weighted by molar-refractivity contribution is 14.0. The van der Waals surface area contributed by atoms with E-state index in [0.717, 1.165) is 0 Å². The van der Waals surface area contributed by atoms with Gasteiger partial charge in [0.15, 0.2) is 15.8 Å². The molecule has 2 rings (SSSR count). The summed E-state index contributed by atoms with van der Waals surface area (Å²) in [5.41, 5.74) is 0. The maximum absolute atomic E-state index is 13.2. The first kappa shape index (κ1) is 24.2. The Morgan fingerprint density at radius 3 is 2.50 bits per heavy atom. The van der Waals surface area contributed by atoms with Crippen LogP contribution in [0, 0.1) is 5.82 Å². The number of sulfone groups is 1. The Hall–Kier alpha value is -1.88. The summed E-state index contributed by atoms with van der Waals surface area (Å²) in [4.78, 5) is 4.36. The van der Waals surface area contributed by atoms with Crippen LogP contribution in [0.15, 0.2) is 64.5 Å². The molecule has 2 aromatic rings. The molecule has 0 saturated heterocycles. The third-order valence-electron chi connectivity index (χ3n) is 3.68. The van der Waals surface area contributed by atoms with Gasteiger partial charge in [-0.25, -0.2) is 12.8 Å². The lowest BCUT2D eigenvalue weighted by atomic mass is 10.3. The fraction of sp³-hybridized carbons (Fsp3) is 0.316. The first-order valence-electron chi connectivity index (χ1n) is 8.55. The number of halogens is 2. The van der Waals surface area contributed by atoms with E-state index in [0.29, 0.717) is 23.1 Å². The lowest BCUT2D eigenvalue weighted by molar-refractivity contribution is 0.223. The summed E-state index contributed by atoms with van der Waals surface area (Å²) in [7, 11) is -1.75. The van der Waals surface area contributed by atoms with Gasteiger partial charge >= 0.3 is 0 Å². The molecule has 0 bridgehead atoms. The number of ether oxygens (including phenoxy) is 1. The van der Waals surface area contributed by atoms with E-state index in [4.69, 9.17) is 4.74 Å². The minimum absolute atomic E-state index is 0. The number of nitrogens with zero attached hydrogens (tertiary/aromatic N) is 1. The van der Waals surface area contributed by atoms with Crippen LogP contribution in [0.4, 0.5) is 4.39 Å². The molecule has 9 heteroatoms. The van der Waals surface area contributed by atoms with E-state index in [2.05, 4.69) is 15.6 Å². The van der Waals surface area contributed by atoms with Gasteiger partial charge in [0.05, 0.1) is 17.2 Å². The zero-order valence-electron chi connectivity index (χ0n) is 15.8. The van der Waals surface area contributed by atoms with Crippen molar-refractivity contribution in [2.24, 2.45) is 4.99 Å². The van der Waals surface area contributed by atoms with Crippen LogP contribution in [0.25, 0.3) is 0 Å². The molecule has 6 nitrogen and oxygen atoms in total. The van der Waals surface area contributed by atoms with Gasteiger partial charge < -0.3 is 15.4 Å². The van der Waals surface area contributed by atoms with Crippen molar-refractivity contribution in [3.05, 3.63) is 60.4 Å². The van der Waals surface area contributed by atoms with Crippen LogP contribution in [0.1, 0.15) is 6.92 Å². The van der Waals surface area contributed by atoms with Gasteiger partial charge in [-0.2, -0.15) is 0 Å². The lowest BCUT2D eigenvalue weighted by Gasteiger charge is -2.17. The zero-order chi connectivity index (χ0) is 19.7. The largest absolute Gasteiger partial charge is 0.489 e. The Balaban J connectivity index is 0.00000392. The van der Waals surface area contributed by atoms with Gasteiger partial charge in [-0.3, -0.25) is 4.99 Å². The number of benzene rings is 2. The first-order chi connectivity index (χ1) is 12.9. The molecule has 154 valence electrons. The summed E-state index contributed by atoms with van der Waals surface area (Å²) >= 11 is 0. The van der Waals surface area contributed by atoms with E-state index in [1.165, 1.54) is 12.1 Å². The van der Waals surface area contributed by atoms with Crippen molar-refractivity contribution in [3.8, 4) is 5.75 Å². The molecule has 28 heavy (non-hydrogen) atoms. The average Bonchev–Trinajstić information content (AvgIpc) is 2.65. The zero-order valence-corrected chi connectivity index (χ0v) is 18.9. The molecule has 0 amide bonds. The predicted molar refractivity (Wildman–Crippen MR) is 120 cm³/mol. The Labute approximate surface area is 182 Å². The highest BCUT2D eigenvalue weighted by Crippen LogP contribution is 2.13. The predicted octanol–water partition coefficient (Wildman–Crippen LogP) is 2.85. The topological polar surface area (TPSA) is 79.8 Å². The molecule has 1 atom stereocenters. The molecule has 0 aromatic heterocycles. The first-order valence-corrected chi connectivity index (χ1v) is 10.2. The van der Waals surface area contributed by atoms with Crippen molar-refractivity contribution in [2.75, 3.05) is 25.9 Å². The van der Waals surface area contributed by atoms with Gasteiger partial charge in [-0.05, 0) is 31.2 Å². The molecule has 0 aliphatic rings. The second-order valence-electron chi connectivity index (χ2n) is 5.90. The molecular formula is C19H25FIN3O3S. The molecule has 0 heterocycles. The number of hydrogen-bond acceptors (Lipinski definition) is 4. The summed E-state index contributed by atoms with van der Waals surface area (Å²) in [6.07, 6.45) is -0.238. The molecule has 1 unspecified atom stereocenters. The summed E-state index contributed by atoms with van der Waals surface area (Å²) in [5.74, 6) is 0.506. The van der Waals surface area contributed by atoms with Crippen molar-refractivity contribution in [3.63, 3.8) is 0 Å². The number of rotatable bonds is 8.